The van der Waals surface area contributed by atoms with Crippen LogP contribution < -0.4 is 5.32 Å². The smallest absolute Gasteiger partial charge is 0.326 e. The number of amides is 1. The highest BCUT2D eigenvalue weighted by molar-refractivity contribution is 6.08. The first kappa shape index (κ1) is 17.3. The van der Waals surface area contributed by atoms with Crippen LogP contribution in [0.15, 0.2) is 30.5 Å². The topological polar surface area (TPSA) is 122 Å². The van der Waals surface area contributed by atoms with E-state index < -0.39 is 22.8 Å². The molecule has 24 heavy (non-hydrogen) atoms. The van der Waals surface area contributed by atoms with E-state index in [9.17, 15) is 24.8 Å². The number of hydrogen-bond acceptors (Lipinski definition) is 5. The fourth-order valence-corrected chi connectivity index (χ4v) is 2.40. The van der Waals surface area contributed by atoms with Gasteiger partial charge in [-0.25, -0.2) is 4.79 Å². The summed E-state index contributed by atoms with van der Waals surface area (Å²) in [6.45, 7) is 1.93. The molecule has 0 aliphatic heterocycles. The number of aliphatic carboxylic acids is 1. The number of fused-ring (bicyclic) bond motifs is 1. The number of hydrogen-bond donors (Lipinski definition) is 2. The SMILES string of the molecule is CCCCC(NC(=O)c1ccc([N+](=O)[O-])c2cccnc12)C(=O)O. The third-order valence-electron chi connectivity index (χ3n) is 3.64. The molecule has 8 heteroatoms. The van der Waals surface area contributed by atoms with Crippen molar-refractivity contribution in [1.29, 1.82) is 0 Å². The standard InChI is InChI=1S/C16H17N3O5/c1-2-3-6-12(16(21)22)18-15(20)11-7-8-13(19(23)24)10-5-4-9-17-14(10)11/h4-5,7-9,12H,2-3,6H2,1H3,(H,18,20)(H,21,22). The van der Waals surface area contributed by atoms with Gasteiger partial charge in [0.1, 0.15) is 6.04 Å². The first-order valence-corrected chi connectivity index (χ1v) is 7.51. The first-order valence-electron chi connectivity index (χ1n) is 7.51. The van der Waals surface area contributed by atoms with Gasteiger partial charge in [0.15, 0.2) is 0 Å². The van der Waals surface area contributed by atoms with Crippen LogP contribution in [0.1, 0.15) is 36.5 Å². The predicted molar refractivity (Wildman–Crippen MR) is 86.8 cm³/mol. The molecule has 1 heterocycles. The molecule has 1 amide bonds. The summed E-state index contributed by atoms with van der Waals surface area (Å²) in [5.41, 5.74) is 0.123. The van der Waals surface area contributed by atoms with Crippen molar-refractivity contribution in [2.75, 3.05) is 0 Å². The molecule has 126 valence electrons. The number of nitrogens with zero attached hydrogens (tertiary/aromatic N) is 2. The highest BCUT2D eigenvalue weighted by Gasteiger charge is 2.23. The Morgan fingerprint density at radius 3 is 2.75 bits per heavy atom. The zero-order valence-corrected chi connectivity index (χ0v) is 13.1. The van der Waals surface area contributed by atoms with E-state index in [1.165, 1.54) is 30.5 Å². The van der Waals surface area contributed by atoms with Gasteiger partial charge >= 0.3 is 5.97 Å². The Kier molecular flexibility index (Phi) is 5.41. The van der Waals surface area contributed by atoms with Crippen molar-refractivity contribution in [3.05, 3.63) is 46.1 Å². The number of carboxylic acids is 1. The molecule has 1 atom stereocenters. The van der Waals surface area contributed by atoms with Gasteiger partial charge in [0.2, 0.25) is 0 Å². The molecule has 1 aromatic heterocycles. The van der Waals surface area contributed by atoms with Crippen LogP contribution in [0.3, 0.4) is 0 Å². The number of nitro groups is 1. The normalized spacial score (nSPS) is 11.9. The number of carbonyl (C=O) groups excluding carboxylic acids is 1. The van der Waals surface area contributed by atoms with Crippen LogP contribution in [0.5, 0.6) is 0 Å². The summed E-state index contributed by atoms with van der Waals surface area (Å²) in [5, 5.41) is 23.0. The average Bonchev–Trinajstić information content (AvgIpc) is 2.56. The van der Waals surface area contributed by atoms with Crippen molar-refractivity contribution in [1.82, 2.24) is 10.3 Å². The molecule has 0 bridgehead atoms. The number of nitrogens with one attached hydrogen (secondary N) is 1. The van der Waals surface area contributed by atoms with E-state index in [1.807, 2.05) is 6.92 Å². The lowest BCUT2D eigenvalue weighted by Crippen LogP contribution is -2.40. The maximum absolute atomic E-state index is 12.4. The van der Waals surface area contributed by atoms with E-state index in [2.05, 4.69) is 10.3 Å². The minimum Gasteiger partial charge on any atom is -0.480 e. The second-order valence-electron chi connectivity index (χ2n) is 5.30. The molecular weight excluding hydrogens is 314 g/mol. The monoisotopic (exact) mass is 331 g/mol. The van der Waals surface area contributed by atoms with E-state index in [-0.39, 0.29) is 22.2 Å². The van der Waals surface area contributed by atoms with Crippen LogP contribution in [0.2, 0.25) is 0 Å². The largest absolute Gasteiger partial charge is 0.480 e. The second-order valence-corrected chi connectivity index (χ2v) is 5.30. The Bertz CT molecular complexity index is 790. The summed E-state index contributed by atoms with van der Waals surface area (Å²) in [4.78, 5) is 38.3. The maximum Gasteiger partial charge on any atom is 0.326 e. The van der Waals surface area contributed by atoms with Crippen LogP contribution >= 0.6 is 0 Å². The molecule has 0 fully saturated rings. The number of rotatable bonds is 7. The van der Waals surface area contributed by atoms with Crippen molar-refractivity contribution < 1.29 is 19.6 Å². The molecule has 2 N–H and O–H groups in total. The Labute approximate surface area is 137 Å². The number of carbonyl (C=O) groups is 2. The van der Waals surface area contributed by atoms with Crippen LogP contribution in [-0.4, -0.2) is 32.9 Å². The first-order chi connectivity index (χ1) is 11.5. The number of aromatic nitrogens is 1. The lowest BCUT2D eigenvalue weighted by Gasteiger charge is -2.14. The number of nitro benzene ring substituents is 1. The van der Waals surface area contributed by atoms with Crippen LogP contribution in [0.25, 0.3) is 10.9 Å². The summed E-state index contributed by atoms with van der Waals surface area (Å²) in [6.07, 6.45) is 3.21. The Balaban J connectivity index is 2.38. The van der Waals surface area contributed by atoms with Crippen molar-refractivity contribution in [3.8, 4) is 0 Å². The predicted octanol–water partition coefficient (Wildman–Crippen LogP) is 2.52. The Morgan fingerprint density at radius 2 is 2.12 bits per heavy atom. The molecule has 1 unspecified atom stereocenters. The van der Waals surface area contributed by atoms with Gasteiger partial charge in [0.05, 0.1) is 21.4 Å². The van der Waals surface area contributed by atoms with Gasteiger partial charge in [0.25, 0.3) is 11.6 Å². The van der Waals surface area contributed by atoms with E-state index >= 15 is 0 Å². The maximum atomic E-state index is 12.4. The van der Waals surface area contributed by atoms with Crippen LogP contribution in [0.4, 0.5) is 5.69 Å². The number of pyridine rings is 1. The molecule has 0 saturated carbocycles. The Hall–Kier alpha value is -3.03. The molecule has 0 spiro atoms. The minimum atomic E-state index is -1.11. The van der Waals surface area contributed by atoms with Crippen LogP contribution in [-0.2, 0) is 4.79 Å². The lowest BCUT2D eigenvalue weighted by atomic mass is 10.1. The van der Waals surface area contributed by atoms with Crippen molar-refractivity contribution in [2.24, 2.45) is 0 Å². The molecule has 2 aromatic rings. The third kappa shape index (κ3) is 3.65. The summed E-state index contributed by atoms with van der Waals surface area (Å²) in [7, 11) is 0. The highest BCUT2D eigenvalue weighted by Crippen LogP contribution is 2.26. The fraction of sp³-hybridized carbons (Fsp3) is 0.312. The van der Waals surface area contributed by atoms with Gasteiger partial charge in [-0.2, -0.15) is 0 Å². The van der Waals surface area contributed by atoms with Crippen molar-refractivity contribution >= 4 is 28.5 Å². The molecule has 8 nitrogen and oxygen atoms in total. The molecule has 2 rings (SSSR count). The molecule has 0 radical (unpaired) electrons. The van der Waals surface area contributed by atoms with Crippen molar-refractivity contribution in [3.63, 3.8) is 0 Å². The van der Waals surface area contributed by atoms with Crippen LogP contribution in [0, 0.1) is 10.1 Å². The van der Waals surface area contributed by atoms with E-state index in [0.29, 0.717) is 12.8 Å². The molecule has 0 saturated heterocycles. The highest BCUT2D eigenvalue weighted by atomic mass is 16.6. The van der Waals surface area contributed by atoms with Gasteiger partial charge < -0.3 is 10.4 Å². The molecule has 0 aliphatic carbocycles. The molecule has 0 aliphatic rings. The van der Waals surface area contributed by atoms with Gasteiger partial charge in [-0.15, -0.1) is 0 Å². The van der Waals surface area contributed by atoms with E-state index in [0.717, 1.165) is 6.42 Å². The quantitative estimate of drug-likeness (QED) is 0.593. The van der Waals surface area contributed by atoms with Gasteiger partial charge in [-0.3, -0.25) is 19.9 Å². The second kappa shape index (κ2) is 7.49. The van der Waals surface area contributed by atoms with Gasteiger partial charge in [-0.1, -0.05) is 19.8 Å². The summed E-state index contributed by atoms with van der Waals surface area (Å²) < 4.78 is 0. The number of non-ortho nitro benzene ring substituents is 1. The van der Waals surface area contributed by atoms with E-state index in [1.54, 1.807) is 0 Å². The van der Waals surface area contributed by atoms with Gasteiger partial charge in [0, 0.05) is 12.3 Å². The molecule has 1 aromatic carbocycles. The number of carboxylic acid groups (broad SMARTS) is 1. The average molecular weight is 331 g/mol. The van der Waals surface area contributed by atoms with E-state index in [4.69, 9.17) is 0 Å². The van der Waals surface area contributed by atoms with Crippen molar-refractivity contribution in [2.45, 2.75) is 32.2 Å². The fourth-order valence-electron chi connectivity index (χ4n) is 2.40. The number of unbranched alkanes of at least 4 members (excludes halogenated alkanes) is 1. The lowest BCUT2D eigenvalue weighted by molar-refractivity contribution is -0.383. The Morgan fingerprint density at radius 1 is 1.38 bits per heavy atom. The summed E-state index contributed by atoms with van der Waals surface area (Å²) >= 11 is 0. The number of benzene rings is 1. The zero-order chi connectivity index (χ0) is 17.7. The van der Waals surface area contributed by atoms with Gasteiger partial charge in [-0.05, 0) is 24.6 Å². The summed E-state index contributed by atoms with van der Waals surface area (Å²) in [6, 6.07) is 4.55. The zero-order valence-electron chi connectivity index (χ0n) is 13.1. The summed E-state index contributed by atoms with van der Waals surface area (Å²) in [5.74, 6) is -1.73. The third-order valence-corrected chi connectivity index (χ3v) is 3.64. The molecular formula is C16H17N3O5. The minimum absolute atomic E-state index is 0.110.